The summed E-state index contributed by atoms with van der Waals surface area (Å²) in [6.45, 7) is 0. The lowest BCUT2D eigenvalue weighted by Crippen LogP contribution is -2.11. The van der Waals surface area contributed by atoms with Crippen molar-refractivity contribution in [1.82, 2.24) is 14.6 Å². The molecule has 0 unspecified atom stereocenters. The Bertz CT molecular complexity index is 934. The molecule has 0 fully saturated rings. The Morgan fingerprint density at radius 1 is 1.23 bits per heavy atom. The van der Waals surface area contributed by atoms with Crippen molar-refractivity contribution in [3.05, 3.63) is 42.9 Å². The molecule has 22 heavy (non-hydrogen) atoms. The van der Waals surface area contributed by atoms with Gasteiger partial charge in [0.05, 0.1) is 18.9 Å². The fourth-order valence-electron chi connectivity index (χ4n) is 2.15. The van der Waals surface area contributed by atoms with Gasteiger partial charge in [0.1, 0.15) is 5.69 Å². The first kappa shape index (κ1) is 14.3. The smallest absolute Gasteiger partial charge is 0.238 e. The minimum atomic E-state index is -3.42. The van der Waals surface area contributed by atoms with Crippen LogP contribution < -0.4 is 9.46 Å². The lowest BCUT2D eigenvalue weighted by atomic mass is 10.1. The highest BCUT2D eigenvalue weighted by Crippen LogP contribution is 2.29. The maximum atomic E-state index is 11.5. The average Bonchev–Trinajstić information content (AvgIpc) is 2.92. The van der Waals surface area contributed by atoms with Gasteiger partial charge in [-0.1, -0.05) is 0 Å². The first-order valence-corrected chi connectivity index (χ1v) is 8.31. The van der Waals surface area contributed by atoms with Crippen LogP contribution in [0.5, 0.6) is 5.88 Å². The van der Waals surface area contributed by atoms with Gasteiger partial charge >= 0.3 is 0 Å². The van der Waals surface area contributed by atoms with E-state index in [2.05, 4.69) is 14.8 Å². The van der Waals surface area contributed by atoms with Crippen molar-refractivity contribution >= 4 is 21.2 Å². The highest BCUT2D eigenvalue weighted by Gasteiger charge is 2.12. The standard InChI is InChI=1S/C14H14N4O3S/c1-21-14-13(17-22(2,19)20)8-11(9-15-14)10-4-6-18-12(7-10)3-5-16-18/h3-9,17H,1-2H3. The SMILES string of the molecule is COc1ncc(-c2ccn3nccc3c2)cc1NS(C)(=O)=O. The van der Waals surface area contributed by atoms with Crippen LogP contribution in [0.1, 0.15) is 0 Å². The second-order valence-electron chi connectivity index (χ2n) is 4.77. The quantitative estimate of drug-likeness (QED) is 0.792. The molecular weight excluding hydrogens is 304 g/mol. The van der Waals surface area contributed by atoms with Gasteiger partial charge in [-0.2, -0.15) is 5.10 Å². The molecule has 0 saturated heterocycles. The molecule has 7 nitrogen and oxygen atoms in total. The minimum Gasteiger partial charge on any atom is -0.480 e. The summed E-state index contributed by atoms with van der Waals surface area (Å²) >= 11 is 0. The van der Waals surface area contributed by atoms with Gasteiger partial charge < -0.3 is 4.74 Å². The van der Waals surface area contributed by atoms with E-state index in [1.54, 1.807) is 23.0 Å². The van der Waals surface area contributed by atoms with E-state index in [0.29, 0.717) is 5.69 Å². The topological polar surface area (TPSA) is 85.6 Å². The monoisotopic (exact) mass is 318 g/mol. The summed E-state index contributed by atoms with van der Waals surface area (Å²) in [5, 5.41) is 4.14. The first-order valence-electron chi connectivity index (χ1n) is 6.42. The van der Waals surface area contributed by atoms with Crippen LogP contribution in [0, 0.1) is 0 Å². The maximum absolute atomic E-state index is 11.5. The molecule has 0 spiro atoms. The Morgan fingerprint density at radius 2 is 2.05 bits per heavy atom. The molecule has 0 aliphatic heterocycles. The summed E-state index contributed by atoms with van der Waals surface area (Å²) in [5.41, 5.74) is 2.91. The van der Waals surface area contributed by atoms with Gasteiger partial charge in [-0.3, -0.25) is 4.72 Å². The molecule has 3 rings (SSSR count). The predicted molar refractivity (Wildman–Crippen MR) is 83.4 cm³/mol. The number of hydrogen-bond acceptors (Lipinski definition) is 5. The van der Waals surface area contributed by atoms with E-state index in [4.69, 9.17) is 4.74 Å². The van der Waals surface area contributed by atoms with E-state index in [0.717, 1.165) is 22.9 Å². The summed E-state index contributed by atoms with van der Waals surface area (Å²) in [7, 11) is -1.98. The summed E-state index contributed by atoms with van der Waals surface area (Å²) in [5.74, 6) is 0.222. The van der Waals surface area contributed by atoms with Crippen LogP contribution in [-0.4, -0.2) is 36.4 Å². The van der Waals surface area contributed by atoms with Crippen LogP contribution in [0.3, 0.4) is 0 Å². The molecule has 8 heteroatoms. The van der Waals surface area contributed by atoms with E-state index < -0.39 is 10.0 Å². The van der Waals surface area contributed by atoms with E-state index in [1.807, 2.05) is 24.4 Å². The van der Waals surface area contributed by atoms with E-state index in [1.165, 1.54) is 7.11 Å². The molecule has 0 saturated carbocycles. The fraction of sp³-hybridized carbons (Fsp3) is 0.143. The molecule has 0 bridgehead atoms. The van der Waals surface area contributed by atoms with E-state index in [9.17, 15) is 8.42 Å². The fourth-order valence-corrected chi connectivity index (χ4v) is 2.69. The zero-order chi connectivity index (χ0) is 15.7. The molecule has 0 radical (unpaired) electrons. The van der Waals surface area contributed by atoms with Crippen molar-refractivity contribution in [2.24, 2.45) is 0 Å². The molecule has 0 aliphatic rings. The normalized spacial score (nSPS) is 11.5. The van der Waals surface area contributed by atoms with Gasteiger partial charge in [-0.05, 0) is 29.8 Å². The lowest BCUT2D eigenvalue weighted by Gasteiger charge is -2.11. The van der Waals surface area contributed by atoms with Crippen LogP contribution in [-0.2, 0) is 10.0 Å². The van der Waals surface area contributed by atoms with Crippen molar-refractivity contribution in [3.8, 4) is 17.0 Å². The van der Waals surface area contributed by atoms with Crippen LogP contribution in [0.15, 0.2) is 42.9 Å². The van der Waals surface area contributed by atoms with Crippen molar-refractivity contribution in [2.45, 2.75) is 0 Å². The number of rotatable bonds is 4. The third kappa shape index (κ3) is 2.86. The van der Waals surface area contributed by atoms with Gasteiger partial charge in [-0.25, -0.2) is 17.9 Å². The number of nitrogens with one attached hydrogen (secondary N) is 1. The number of ether oxygens (including phenoxy) is 1. The Kier molecular flexibility index (Phi) is 3.45. The second kappa shape index (κ2) is 5.30. The highest BCUT2D eigenvalue weighted by molar-refractivity contribution is 7.92. The number of hydrogen-bond donors (Lipinski definition) is 1. The molecule has 0 aromatic carbocycles. The molecule has 1 N–H and O–H groups in total. The summed E-state index contributed by atoms with van der Waals surface area (Å²) in [6.07, 6.45) is 6.26. The number of aromatic nitrogens is 3. The van der Waals surface area contributed by atoms with Gasteiger partial charge in [0, 0.05) is 24.2 Å². The maximum Gasteiger partial charge on any atom is 0.238 e. The summed E-state index contributed by atoms with van der Waals surface area (Å²) < 4.78 is 32.1. The van der Waals surface area contributed by atoms with Crippen molar-refractivity contribution in [1.29, 1.82) is 0 Å². The Morgan fingerprint density at radius 3 is 2.77 bits per heavy atom. The number of fused-ring (bicyclic) bond motifs is 1. The third-order valence-corrected chi connectivity index (χ3v) is 3.66. The van der Waals surface area contributed by atoms with Crippen LogP contribution in [0.25, 0.3) is 16.6 Å². The van der Waals surface area contributed by atoms with Gasteiger partial charge in [0.15, 0.2) is 0 Å². The largest absolute Gasteiger partial charge is 0.480 e. The Hall–Kier alpha value is -2.61. The number of sulfonamides is 1. The molecule has 3 heterocycles. The van der Waals surface area contributed by atoms with E-state index >= 15 is 0 Å². The molecule has 3 aromatic heterocycles. The van der Waals surface area contributed by atoms with Crippen LogP contribution in [0.2, 0.25) is 0 Å². The average molecular weight is 318 g/mol. The second-order valence-corrected chi connectivity index (χ2v) is 6.52. The lowest BCUT2D eigenvalue weighted by molar-refractivity contribution is 0.400. The summed E-state index contributed by atoms with van der Waals surface area (Å²) in [4.78, 5) is 4.15. The zero-order valence-electron chi connectivity index (χ0n) is 12.0. The van der Waals surface area contributed by atoms with Crippen LogP contribution in [0.4, 0.5) is 5.69 Å². The number of anilines is 1. The third-order valence-electron chi connectivity index (χ3n) is 3.07. The van der Waals surface area contributed by atoms with E-state index in [-0.39, 0.29) is 5.88 Å². The summed E-state index contributed by atoms with van der Waals surface area (Å²) in [6, 6.07) is 7.40. The van der Waals surface area contributed by atoms with Gasteiger partial charge in [0.25, 0.3) is 0 Å². The molecule has 3 aromatic rings. The van der Waals surface area contributed by atoms with Crippen LogP contribution >= 0.6 is 0 Å². The van der Waals surface area contributed by atoms with Crippen molar-refractivity contribution < 1.29 is 13.2 Å². The number of pyridine rings is 2. The molecule has 114 valence electrons. The molecule has 0 atom stereocenters. The minimum absolute atomic E-state index is 0.222. The number of nitrogens with zero attached hydrogens (tertiary/aromatic N) is 3. The first-order chi connectivity index (χ1) is 10.5. The Balaban J connectivity index is 2.08. The molecule has 0 amide bonds. The van der Waals surface area contributed by atoms with Crippen molar-refractivity contribution in [2.75, 3.05) is 18.1 Å². The van der Waals surface area contributed by atoms with Gasteiger partial charge in [-0.15, -0.1) is 0 Å². The van der Waals surface area contributed by atoms with Crippen molar-refractivity contribution in [3.63, 3.8) is 0 Å². The zero-order valence-corrected chi connectivity index (χ0v) is 12.8. The highest BCUT2D eigenvalue weighted by atomic mass is 32.2. The number of methoxy groups -OCH3 is 1. The molecule has 0 aliphatic carbocycles. The van der Waals surface area contributed by atoms with Gasteiger partial charge in [0.2, 0.25) is 15.9 Å². The predicted octanol–water partition coefficient (Wildman–Crippen LogP) is 1.78. The molecular formula is C14H14N4O3S. The Labute approximate surface area is 127 Å².